The van der Waals surface area contributed by atoms with E-state index in [1.165, 1.54) is 4.88 Å². The zero-order chi connectivity index (χ0) is 28.6. The number of nitrogens with zero attached hydrogens (tertiary/aromatic N) is 2. The summed E-state index contributed by atoms with van der Waals surface area (Å²) in [6.45, 7) is 3.88. The lowest BCUT2D eigenvalue weighted by Gasteiger charge is -2.29. The van der Waals surface area contributed by atoms with Gasteiger partial charge in [-0.1, -0.05) is 29.3 Å². The quantitative estimate of drug-likeness (QED) is 0.243. The molecule has 0 radical (unpaired) electrons. The smallest absolute Gasteiger partial charge is 0.254 e. The Morgan fingerprint density at radius 2 is 1.80 bits per heavy atom. The number of amides is 2. The largest absolute Gasteiger partial charge is 0.493 e. The first-order chi connectivity index (χ1) is 19.3. The van der Waals surface area contributed by atoms with Gasteiger partial charge in [0.15, 0.2) is 11.5 Å². The van der Waals surface area contributed by atoms with Crippen molar-refractivity contribution < 1.29 is 23.8 Å². The highest BCUT2D eigenvalue weighted by molar-refractivity contribution is 7.11. The highest BCUT2D eigenvalue weighted by atomic mass is 35.5. The maximum absolute atomic E-state index is 13.8. The number of carbonyl (C=O) groups is 2. The van der Waals surface area contributed by atoms with Crippen LogP contribution in [-0.4, -0.2) is 68.2 Å². The molecule has 0 spiro atoms. The van der Waals surface area contributed by atoms with Gasteiger partial charge in [-0.25, -0.2) is 0 Å². The average molecular weight is 606 g/mol. The number of hydrogen-bond donors (Lipinski definition) is 0. The summed E-state index contributed by atoms with van der Waals surface area (Å²) >= 11 is 13.9. The van der Waals surface area contributed by atoms with Crippen molar-refractivity contribution in [3.05, 3.63) is 79.5 Å². The van der Waals surface area contributed by atoms with Crippen molar-refractivity contribution in [1.82, 2.24) is 9.80 Å². The predicted molar refractivity (Wildman–Crippen MR) is 159 cm³/mol. The predicted octanol–water partition coefficient (Wildman–Crippen LogP) is 6.27. The summed E-state index contributed by atoms with van der Waals surface area (Å²) in [5.41, 5.74) is 1.40. The Bertz CT molecular complexity index is 1330. The van der Waals surface area contributed by atoms with Gasteiger partial charge >= 0.3 is 0 Å². The first kappa shape index (κ1) is 30.2. The molecule has 0 bridgehead atoms. The second-order valence-electron chi connectivity index (χ2n) is 9.72. The van der Waals surface area contributed by atoms with Gasteiger partial charge in [0.2, 0.25) is 5.91 Å². The van der Waals surface area contributed by atoms with Crippen molar-refractivity contribution in [1.29, 1.82) is 0 Å². The maximum atomic E-state index is 13.8. The Morgan fingerprint density at radius 1 is 1.00 bits per heavy atom. The Hall–Kier alpha value is -2.78. The summed E-state index contributed by atoms with van der Waals surface area (Å²) in [6.07, 6.45) is 2.28. The van der Waals surface area contributed by atoms with E-state index in [1.54, 1.807) is 48.7 Å². The molecule has 7 nitrogen and oxygen atoms in total. The van der Waals surface area contributed by atoms with Crippen LogP contribution in [0, 0.1) is 6.92 Å². The molecular weight excluding hydrogens is 571 g/mol. The minimum Gasteiger partial charge on any atom is -0.493 e. The monoisotopic (exact) mass is 604 g/mol. The van der Waals surface area contributed by atoms with Crippen LogP contribution in [0.2, 0.25) is 10.0 Å². The molecule has 1 aliphatic rings. The number of hydrogen-bond acceptors (Lipinski definition) is 6. The fourth-order valence-corrected chi connectivity index (χ4v) is 5.88. The van der Waals surface area contributed by atoms with Gasteiger partial charge in [0.05, 0.1) is 36.9 Å². The third-order valence-electron chi connectivity index (χ3n) is 6.84. The highest BCUT2D eigenvalue weighted by Gasteiger charge is 2.27. The molecule has 1 unspecified atom stereocenters. The number of thiophene rings is 1. The van der Waals surface area contributed by atoms with E-state index in [1.807, 2.05) is 36.1 Å². The third kappa shape index (κ3) is 7.91. The van der Waals surface area contributed by atoms with Crippen LogP contribution in [0.5, 0.6) is 11.5 Å². The van der Waals surface area contributed by atoms with Crippen LogP contribution in [0.3, 0.4) is 0 Å². The Labute approximate surface area is 249 Å². The van der Waals surface area contributed by atoms with Crippen molar-refractivity contribution in [2.75, 3.05) is 40.5 Å². The van der Waals surface area contributed by atoms with Crippen LogP contribution in [0.4, 0.5) is 0 Å². The lowest BCUT2D eigenvalue weighted by atomic mass is 10.1. The standard InChI is InChI=1S/C30H34Cl2N2O5S/c1-20-6-9-24(40-20)18-33(13-12-21-7-11-27(37-2)28(15-21)38-3)29(35)19-34(17-23-5-4-14-39-23)30(36)22-8-10-25(31)26(32)16-22/h6-11,15-16,23H,4-5,12-14,17-19H2,1-3H3. The van der Waals surface area contributed by atoms with Crippen molar-refractivity contribution in [3.63, 3.8) is 0 Å². The molecule has 0 saturated carbocycles. The molecule has 3 aromatic rings. The first-order valence-corrected chi connectivity index (χ1v) is 14.7. The summed E-state index contributed by atoms with van der Waals surface area (Å²) in [7, 11) is 3.20. The van der Waals surface area contributed by atoms with Gasteiger partial charge in [-0.05, 0) is 74.2 Å². The van der Waals surface area contributed by atoms with E-state index in [4.69, 9.17) is 37.4 Å². The molecule has 1 aromatic heterocycles. The zero-order valence-corrected chi connectivity index (χ0v) is 25.3. The Kier molecular flexibility index (Phi) is 10.7. The van der Waals surface area contributed by atoms with Crippen LogP contribution in [0.15, 0.2) is 48.5 Å². The molecule has 1 fully saturated rings. The van der Waals surface area contributed by atoms with E-state index in [2.05, 4.69) is 6.07 Å². The van der Waals surface area contributed by atoms with Gasteiger partial charge < -0.3 is 24.0 Å². The molecule has 1 saturated heterocycles. The average Bonchev–Trinajstić information content (AvgIpc) is 3.62. The Balaban J connectivity index is 1.54. The van der Waals surface area contributed by atoms with Gasteiger partial charge in [-0.3, -0.25) is 9.59 Å². The molecule has 40 heavy (non-hydrogen) atoms. The van der Waals surface area contributed by atoms with Crippen LogP contribution in [0.25, 0.3) is 0 Å². The molecule has 2 amide bonds. The first-order valence-electron chi connectivity index (χ1n) is 13.2. The third-order valence-corrected chi connectivity index (χ3v) is 8.57. The summed E-state index contributed by atoms with van der Waals surface area (Å²) in [5, 5.41) is 0.660. The van der Waals surface area contributed by atoms with Crippen molar-refractivity contribution >= 4 is 46.4 Å². The van der Waals surface area contributed by atoms with E-state index < -0.39 is 0 Å². The number of ether oxygens (including phenoxy) is 3. The second kappa shape index (κ2) is 14.2. The number of carbonyl (C=O) groups excluding carboxylic acids is 2. The fourth-order valence-electron chi connectivity index (χ4n) is 4.68. The number of rotatable bonds is 12. The molecule has 2 heterocycles. The number of methoxy groups -OCH3 is 2. The minimum atomic E-state index is -0.283. The van der Waals surface area contributed by atoms with Gasteiger partial charge in [0.1, 0.15) is 6.54 Å². The van der Waals surface area contributed by atoms with Crippen LogP contribution >= 0.6 is 34.5 Å². The SMILES string of the molecule is COc1ccc(CCN(Cc2ccc(C)s2)C(=O)CN(CC2CCCO2)C(=O)c2ccc(Cl)c(Cl)c2)cc1OC. The van der Waals surface area contributed by atoms with E-state index in [-0.39, 0.29) is 24.5 Å². The van der Waals surface area contributed by atoms with E-state index in [0.29, 0.717) is 59.8 Å². The summed E-state index contributed by atoms with van der Waals surface area (Å²) in [4.78, 5) is 33.1. The van der Waals surface area contributed by atoms with Gasteiger partial charge in [0.25, 0.3) is 5.91 Å². The van der Waals surface area contributed by atoms with Crippen molar-refractivity contribution in [2.24, 2.45) is 0 Å². The number of aryl methyl sites for hydroxylation is 1. The molecular formula is C30H34Cl2N2O5S. The molecule has 214 valence electrons. The normalized spacial score (nSPS) is 14.7. The molecule has 0 aliphatic carbocycles. The minimum absolute atomic E-state index is 0.0742. The van der Waals surface area contributed by atoms with Gasteiger partial charge in [-0.15, -0.1) is 11.3 Å². The van der Waals surface area contributed by atoms with E-state index in [0.717, 1.165) is 23.3 Å². The summed E-state index contributed by atoms with van der Waals surface area (Å²) in [6, 6.07) is 14.6. The Morgan fingerprint density at radius 3 is 2.45 bits per heavy atom. The molecule has 1 atom stereocenters. The van der Waals surface area contributed by atoms with Crippen LogP contribution < -0.4 is 9.47 Å². The molecule has 2 aromatic carbocycles. The highest BCUT2D eigenvalue weighted by Crippen LogP contribution is 2.28. The maximum Gasteiger partial charge on any atom is 0.254 e. The number of benzene rings is 2. The van der Waals surface area contributed by atoms with Crippen molar-refractivity contribution in [2.45, 2.75) is 38.8 Å². The topological polar surface area (TPSA) is 68.3 Å². The lowest BCUT2D eigenvalue weighted by Crippen LogP contribution is -2.45. The fraction of sp³-hybridized carbons (Fsp3) is 0.400. The van der Waals surface area contributed by atoms with Gasteiger partial charge in [-0.2, -0.15) is 0 Å². The summed E-state index contributed by atoms with van der Waals surface area (Å²) in [5.74, 6) is 0.868. The zero-order valence-electron chi connectivity index (χ0n) is 23.0. The van der Waals surface area contributed by atoms with E-state index >= 15 is 0 Å². The number of halogens is 2. The van der Waals surface area contributed by atoms with Gasteiger partial charge in [0, 0.05) is 35.0 Å². The van der Waals surface area contributed by atoms with Crippen molar-refractivity contribution in [3.8, 4) is 11.5 Å². The molecule has 10 heteroatoms. The molecule has 4 rings (SSSR count). The molecule has 1 aliphatic heterocycles. The molecule has 0 N–H and O–H groups in total. The van der Waals surface area contributed by atoms with E-state index in [9.17, 15) is 9.59 Å². The summed E-state index contributed by atoms with van der Waals surface area (Å²) < 4.78 is 16.6. The lowest BCUT2D eigenvalue weighted by molar-refractivity contribution is -0.132. The van der Waals surface area contributed by atoms with Crippen LogP contribution in [-0.2, 0) is 22.5 Å². The van der Waals surface area contributed by atoms with Crippen LogP contribution in [0.1, 0.15) is 38.5 Å². The second-order valence-corrected chi connectivity index (χ2v) is 11.9.